The highest BCUT2D eigenvalue weighted by molar-refractivity contribution is 8.76. The molecule has 1 aliphatic rings. The normalized spacial score (nSPS) is 19.6. The van der Waals surface area contributed by atoms with Gasteiger partial charge in [0.2, 0.25) is 17.7 Å². The quantitative estimate of drug-likeness (QED) is 0.343. The van der Waals surface area contributed by atoms with Crippen molar-refractivity contribution in [3.05, 3.63) is 36.0 Å². The van der Waals surface area contributed by atoms with E-state index in [1.807, 2.05) is 0 Å². The number of amides is 4. The Labute approximate surface area is 227 Å². The third kappa shape index (κ3) is 6.67. The van der Waals surface area contributed by atoms with E-state index in [0.717, 1.165) is 0 Å². The fourth-order valence-corrected chi connectivity index (χ4v) is 6.03. The molecule has 0 radical (unpaired) electrons. The molecular formula is C24H29N5O7S2. The Morgan fingerprint density at radius 1 is 1.24 bits per heavy atom. The Bertz CT molecular complexity index is 1240. The van der Waals surface area contributed by atoms with E-state index in [-0.39, 0.29) is 22.9 Å². The highest BCUT2D eigenvalue weighted by Crippen LogP contribution is 2.26. The van der Waals surface area contributed by atoms with Crippen LogP contribution in [0.4, 0.5) is 0 Å². The Hall–Kier alpha value is -3.52. The van der Waals surface area contributed by atoms with E-state index < -0.39 is 54.3 Å². The first kappa shape index (κ1) is 29.0. The van der Waals surface area contributed by atoms with Crippen molar-refractivity contribution in [1.82, 2.24) is 25.4 Å². The number of hydrogen-bond acceptors (Lipinski definition) is 10. The second-order valence-corrected chi connectivity index (χ2v) is 11.1. The first-order valence-corrected chi connectivity index (χ1v) is 14.1. The minimum Gasteiger partial charge on any atom is -0.505 e. The van der Waals surface area contributed by atoms with Crippen molar-refractivity contribution in [3.8, 4) is 5.75 Å². The van der Waals surface area contributed by atoms with E-state index in [1.165, 1.54) is 65.6 Å². The first-order chi connectivity index (χ1) is 18.0. The van der Waals surface area contributed by atoms with E-state index in [1.54, 1.807) is 24.3 Å². The number of carbonyl (C=O) groups is 5. The summed E-state index contributed by atoms with van der Waals surface area (Å²) >= 11 is 0. The van der Waals surface area contributed by atoms with Crippen LogP contribution in [0.15, 0.2) is 30.3 Å². The average Bonchev–Trinajstić information content (AvgIpc) is 2.93. The predicted octanol–water partition coefficient (Wildman–Crippen LogP) is 0.397. The number of likely N-dealkylation sites (N-methyl/N-ethyl adjacent to an activating group) is 2. The molecule has 3 rings (SSSR count). The van der Waals surface area contributed by atoms with Crippen molar-refractivity contribution in [1.29, 1.82) is 0 Å². The Kier molecular flexibility index (Phi) is 9.80. The van der Waals surface area contributed by atoms with Crippen molar-refractivity contribution in [2.75, 3.05) is 39.3 Å². The summed E-state index contributed by atoms with van der Waals surface area (Å²) in [5, 5.41) is 16.1. The number of hydrogen-bond donors (Lipinski definition) is 3. The molecule has 4 amide bonds. The van der Waals surface area contributed by atoms with Crippen LogP contribution in [0.3, 0.4) is 0 Å². The number of aromatic hydroxyl groups is 1. The van der Waals surface area contributed by atoms with Crippen LogP contribution in [-0.4, -0.2) is 107 Å². The first-order valence-electron chi connectivity index (χ1n) is 11.6. The van der Waals surface area contributed by atoms with Crippen LogP contribution in [0.25, 0.3) is 10.9 Å². The van der Waals surface area contributed by atoms with Crippen molar-refractivity contribution in [3.63, 3.8) is 0 Å². The molecule has 1 fully saturated rings. The van der Waals surface area contributed by atoms with Gasteiger partial charge in [0.05, 0.1) is 19.2 Å². The molecule has 1 aliphatic heterocycles. The lowest BCUT2D eigenvalue weighted by Gasteiger charge is -2.32. The van der Waals surface area contributed by atoms with Crippen molar-refractivity contribution in [2.45, 2.75) is 25.0 Å². The largest absolute Gasteiger partial charge is 0.505 e. The highest BCUT2D eigenvalue weighted by atomic mass is 33.1. The summed E-state index contributed by atoms with van der Waals surface area (Å²) in [6.07, 6.45) is 0. The number of aromatic nitrogens is 1. The zero-order valence-electron chi connectivity index (χ0n) is 21.3. The summed E-state index contributed by atoms with van der Waals surface area (Å²) < 4.78 is 4.71. The molecule has 2 heterocycles. The van der Waals surface area contributed by atoms with Crippen LogP contribution in [0.2, 0.25) is 0 Å². The molecule has 3 N–H and O–H groups in total. The summed E-state index contributed by atoms with van der Waals surface area (Å²) in [6.45, 7) is 1.12. The molecule has 12 nitrogen and oxygen atoms in total. The average molecular weight is 564 g/mol. The minimum atomic E-state index is -1.04. The lowest BCUT2D eigenvalue weighted by Crippen LogP contribution is -2.55. The van der Waals surface area contributed by atoms with Crippen molar-refractivity contribution < 1.29 is 33.8 Å². The number of carbonyl (C=O) groups excluding carboxylic acids is 5. The van der Waals surface area contributed by atoms with E-state index in [0.29, 0.717) is 10.9 Å². The maximum atomic E-state index is 13.1. The predicted molar refractivity (Wildman–Crippen MR) is 143 cm³/mol. The van der Waals surface area contributed by atoms with E-state index >= 15 is 0 Å². The van der Waals surface area contributed by atoms with Gasteiger partial charge in [0.15, 0.2) is 5.69 Å². The van der Waals surface area contributed by atoms with Gasteiger partial charge in [-0.3, -0.25) is 19.2 Å². The van der Waals surface area contributed by atoms with Gasteiger partial charge in [-0.2, -0.15) is 0 Å². The standard InChI is InChI=1S/C24H29N5O7S2/c1-13(24(35)36-4)28(2)23(34)17-12-38-37-11-16(21(32)25-10-19(31)29(17)3)27-22(33)20-18(30)9-14-7-5-6-8-15(14)26-20/h5-9,13,16-17,30H,10-12H2,1-4H3,(H,25,32)(H,27,33)/t13-,16+,17-/m0/s1. The van der Waals surface area contributed by atoms with Crippen LogP contribution < -0.4 is 10.6 Å². The number of ether oxygens (including phenoxy) is 1. The molecular weight excluding hydrogens is 534 g/mol. The molecule has 0 bridgehead atoms. The maximum Gasteiger partial charge on any atom is 0.328 e. The lowest BCUT2D eigenvalue weighted by molar-refractivity contribution is -0.153. The van der Waals surface area contributed by atoms with Crippen LogP contribution in [0.5, 0.6) is 5.75 Å². The minimum absolute atomic E-state index is 0.115. The molecule has 0 spiro atoms. The maximum absolute atomic E-state index is 13.1. The van der Waals surface area contributed by atoms with Crippen LogP contribution in [-0.2, 0) is 23.9 Å². The number of para-hydroxylation sites is 1. The smallest absolute Gasteiger partial charge is 0.328 e. The number of nitrogens with zero attached hydrogens (tertiary/aromatic N) is 3. The van der Waals surface area contributed by atoms with Gasteiger partial charge in [0, 0.05) is 31.0 Å². The van der Waals surface area contributed by atoms with Crippen molar-refractivity contribution >= 4 is 62.1 Å². The van der Waals surface area contributed by atoms with Gasteiger partial charge in [0.25, 0.3) is 5.91 Å². The second-order valence-electron chi connectivity index (χ2n) is 8.53. The van der Waals surface area contributed by atoms with Gasteiger partial charge in [0.1, 0.15) is 23.9 Å². The molecule has 2 aromatic rings. The van der Waals surface area contributed by atoms with Crippen molar-refractivity contribution in [2.24, 2.45) is 0 Å². The molecule has 14 heteroatoms. The Balaban J connectivity index is 1.74. The molecule has 3 atom stereocenters. The van der Waals surface area contributed by atoms with Gasteiger partial charge in [-0.15, -0.1) is 0 Å². The second kappa shape index (κ2) is 12.8. The van der Waals surface area contributed by atoms with Gasteiger partial charge < -0.3 is 30.3 Å². The van der Waals surface area contributed by atoms with E-state index in [9.17, 15) is 29.1 Å². The SMILES string of the molecule is COC(=O)[C@H](C)N(C)C(=O)[C@@H]1CSSC[C@@H](NC(=O)c2nc3ccccc3cc2O)C(=O)NCC(=O)N1C. The molecule has 1 saturated heterocycles. The topological polar surface area (TPSA) is 158 Å². The number of nitrogens with one attached hydrogen (secondary N) is 2. The van der Waals surface area contributed by atoms with Gasteiger partial charge in [-0.1, -0.05) is 39.8 Å². The zero-order valence-corrected chi connectivity index (χ0v) is 22.9. The zero-order chi connectivity index (χ0) is 28.0. The van der Waals surface area contributed by atoms with Gasteiger partial charge in [-0.25, -0.2) is 9.78 Å². The van der Waals surface area contributed by atoms with E-state index in [4.69, 9.17) is 4.74 Å². The van der Waals surface area contributed by atoms with Gasteiger partial charge >= 0.3 is 5.97 Å². The van der Waals surface area contributed by atoms with Crippen LogP contribution in [0, 0.1) is 0 Å². The Morgan fingerprint density at radius 2 is 1.92 bits per heavy atom. The molecule has 1 aromatic heterocycles. The summed E-state index contributed by atoms with van der Waals surface area (Å²) in [7, 11) is 6.60. The fraction of sp³-hybridized carbons (Fsp3) is 0.417. The molecule has 0 unspecified atom stereocenters. The molecule has 1 aromatic carbocycles. The number of fused-ring (bicyclic) bond motifs is 1. The molecule has 38 heavy (non-hydrogen) atoms. The number of methoxy groups -OCH3 is 1. The molecule has 0 aliphatic carbocycles. The summed E-state index contributed by atoms with van der Waals surface area (Å²) in [5.74, 6) is -2.97. The summed E-state index contributed by atoms with van der Waals surface area (Å²) in [6, 6.07) is 5.59. The third-order valence-electron chi connectivity index (χ3n) is 6.12. The Morgan fingerprint density at radius 3 is 2.63 bits per heavy atom. The van der Waals surface area contributed by atoms with Crippen LogP contribution >= 0.6 is 21.6 Å². The lowest BCUT2D eigenvalue weighted by atomic mass is 10.1. The number of esters is 1. The van der Waals surface area contributed by atoms with Crippen LogP contribution in [0.1, 0.15) is 17.4 Å². The summed E-state index contributed by atoms with van der Waals surface area (Å²) in [4.78, 5) is 70.3. The molecule has 204 valence electrons. The highest BCUT2D eigenvalue weighted by Gasteiger charge is 2.34. The third-order valence-corrected chi connectivity index (χ3v) is 8.52. The number of benzene rings is 1. The summed E-state index contributed by atoms with van der Waals surface area (Å²) in [5.41, 5.74) is 0.274. The number of pyridine rings is 1. The fourth-order valence-electron chi connectivity index (χ4n) is 3.60. The number of rotatable bonds is 5. The monoisotopic (exact) mass is 563 g/mol. The molecule has 0 saturated carbocycles. The van der Waals surface area contributed by atoms with Gasteiger partial charge in [-0.05, 0) is 19.1 Å². The van der Waals surface area contributed by atoms with E-state index in [2.05, 4.69) is 15.6 Å².